The summed E-state index contributed by atoms with van der Waals surface area (Å²) < 4.78 is 13.6. The van der Waals surface area contributed by atoms with Crippen molar-refractivity contribution >= 4 is 11.9 Å². The lowest BCUT2D eigenvalue weighted by Crippen LogP contribution is -2.24. The molecule has 1 heterocycles. The van der Waals surface area contributed by atoms with Crippen LogP contribution in [-0.4, -0.2) is 28.4 Å². The van der Waals surface area contributed by atoms with Gasteiger partial charge in [-0.2, -0.15) is 0 Å². The van der Waals surface area contributed by atoms with Gasteiger partial charge in [0.05, 0.1) is 5.56 Å². The van der Waals surface area contributed by atoms with Crippen LogP contribution in [0, 0.1) is 11.7 Å². The monoisotopic (exact) mass is 279 g/mol. The Morgan fingerprint density at radius 1 is 1.50 bits per heavy atom. The normalized spacial score (nSPS) is 18.6. The Morgan fingerprint density at radius 2 is 2.25 bits per heavy atom. The summed E-state index contributed by atoms with van der Waals surface area (Å²) >= 11 is 0. The molecular formula is C15H18FNO3. The maximum atomic E-state index is 13.6. The van der Waals surface area contributed by atoms with Crippen molar-refractivity contribution in [2.75, 3.05) is 6.54 Å². The van der Waals surface area contributed by atoms with Crippen LogP contribution in [0.25, 0.3) is 0 Å². The third-order valence-corrected chi connectivity index (χ3v) is 3.63. The second kappa shape index (κ2) is 6.03. The van der Waals surface area contributed by atoms with Crippen molar-refractivity contribution in [3.05, 3.63) is 35.1 Å². The van der Waals surface area contributed by atoms with E-state index >= 15 is 0 Å². The van der Waals surface area contributed by atoms with Crippen molar-refractivity contribution in [1.29, 1.82) is 0 Å². The molecule has 0 aliphatic carbocycles. The number of carboxylic acids is 1. The fourth-order valence-corrected chi connectivity index (χ4v) is 2.66. The molecule has 20 heavy (non-hydrogen) atoms. The van der Waals surface area contributed by atoms with Crippen molar-refractivity contribution in [3.63, 3.8) is 0 Å². The van der Waals surface area contributed by atoms with Gasteiger partial charge in [0, 0.05) is 19.5 Å². The van der Waals surface area contributed by atoms with E-state index in [1.165, 1.54) is 12.1 Å². The van der Waals surface area contributed by atoms with Gasteiger partial charge in [-0.25, -0.2) is 9.18 Å². The zero-order chi connectivity index (χ0) is 14.7. The molecule has 1 amide bonds. The second-order valence-electron chi connectivity index (χ2n) is 5.25. The molecule has 0 spiro atoms. The Bertz CT molecular complexity index is 530. The number of rotatable bonds is 5. The van der Waals surface area contributed by atoms with Gasteiger partial charge >= 0.3 is 5.97 Å². The van der Waals surface area contributed by atoms with E-state index in [1.54, 1.807) is 11.0 Å². The van der Waals surface area contributed by atoms with E-state index in [0.29, 0.717) is 31.0 Å². The highest BCUT2D eigenvalue weighted by atomic mass is 19.1. The third kappa shape index (κ3) is 3.15. The quantitative estimate of drug-likeness (QED) is 0.901. The molecule has 1 aromatic carbocycles. The van der Waals surface area contributed by atoms with E-state index in [9.17, 15) is 14.0 Å². The Morgan fingerprint density at radius 3 is 2.85 bits per heavy atom. The topological polar surface area (TPSA) is 57.6 Å². The number of nitrogens with zero attached hydrogens (tertiary/aromatic N) is 1. The molecule has 1 fully saturated rings. The molecule has 2 rings (SSSR count). The minimum absolute atomic E-state index is 0.0890. The van der Waals surface area contributed by atoms with Crippen molar-refractivity contribution in [3.8, 4) is 0 Å². The zero-order valence-electron chi connectivity index (χ0n) is 11.4. The van der Waals surface area contributed by atoms with Crippen molar-refractivity contribution in [2.24, 2.45) is 5.92 Å². The standard InChI is InChI=1S/C15H18FNO3/c1-2-3-10-7-14(18)17(8-10)9-11-4-5-12(15(19)20)13(16)6-11/h4-6,10H,2-3,7-9H2,1H3,(H,19,20). The van der Waals surface area contributed by atoms with Crippen LogP contribution in [0.5, 0.6) is 0 Å². The minimum atomic E-state index is -1.28. The molecule has 1 unspecified atom stereocenters. The molecule has 0 radical (unpaired) electrons. The van der Waals surface area contributed by atoms with Crippen molar-refractivity contribution in [1.82, 2.24) is 4.90 Å². The minimum Gasteiger partial charge on any atom is -0.478 e. The van der Waals surface area contributed by atoms with Crippen LogP contribution in [0.4, 0.5) is 4.39 Å². The van der Waals surface area contributed by atoms with Gasteiger partial charge in [-0.1, -0.05) is 19.4 Å². The van der Waals surface area contributed by atoms with Crippen molar-refractivity contribution < 1.29 is 19.1 Å². The highest BCUT2D eigenvalue weighted by Gasteiger charge is 2.28. The van der Waals surface area contributed by atoms with E-state index < -0.39 is 11.8 Å². The van der Waals surface area contributed by atoms with Gasteiger partial charge in [-0.15, -0.1) is 0 Å². The maximum Gasteiger partial charge on any atom is 0.338 e. The Hall–Kier alpha value is -1.91. The predicted molar refractivity (Wildman–Crippen MR) is 71.8 cm³/mol. The first-order chi connectivity index (χ1) is 9.51. The maximum absolute atomic E-state index is 13.6. The molecule has 0 saturated carbocycles. The Labute approximate surface area is 117 Å². The summed E-state index contributed by atoms with van der Waals surface area (Å²) in [6, 6.07) is 4.01. The van der Waals surface area contributed by atoms with Gasteiger partial charge in [0.25, 0.3) is 0 Å². The van der Waals surface area contributed by atoms with Crippen LogP contribution >= 0.6 is 0 Å². The largest absolute Gasteiger partial charge is 0.478 e. The zero-order valence-corrected chi connectivity index (χ0v) is 11.4. The van der Waals surface area contributed by atoms with E-state index in [2.05, 4.69) is 6.92 Å². The molecule has 108 valence electrons. The molecule has 1 aliphatic heterocycles. The SMILES string of the molecule is CCCC1CC(=O)N(Cc2ccc(C(=O)O)c(F)c2)C1. The third-order valence-electron chi connectivity index (χ3n) is 3.63. The number of carbonyl (C=O) groups excluding carboxylic acids is 1. The van der Waals surface area contributed by atoms with Gasteiger partial charge < -0.3 is 10.0 Å². The van der Waals surface area contributed by atoms with Crippen LogP contribution in [0.3, 0.4) is 0 Å². The predicted octanol–water partition coefficient (Wildman–Crippen LogP) is 2.67. The molecule has 4 nitrogen and oxygen atoms in total. The first-order valence-electron chi connectivity index (χ1n) is 6.80. The lowest BCUT2D eigenvalue weighted by atomic mass is 10.0. The summed E-state index contributed by atoms with van der Waals surface area (Å²) in [7, 11) is 0. The van der Waals surface area contributed by atoms with Gasteiger partial charge in [0.1, 0.15) is 5.82 Å². The first-order valence-corrected chi connectivity index (χ1v) is 6.80. The second-order valence-corrected chi connectivity index (χ2v) is 5.25. The molecule has 1 aliphatic rings. The highest BCUT2D eigenvalue weighted by Crippen LogP contribution is 2.24. The number of carbonyl (C=O) groups is 2. The summed E-state index contributed by atoms with van der Waals surface area (Å²) in [5.74, 6) is -1.57. The number of hydrogen-bond acceptors (Lipinski definition) is 2. The van der Waals surface area contributed by atoms with Gasteiger partial charge in [0.15, 0.2) is 0 Å². The molecule has 0 aromatic heterocycles. The van der Waals surface area contributed by atoms with Gasteiger partial charge in [-0.3, -0.25) is 4.79 Å². The molecular weight excluding hydrogens is 261 g/mol. The van der Waals surface area contributed by atoms with Crippen LogP contribution < -0.4 is 0 Å². The van der Waals surface area contributed by atoms with Crippen LogP contribution in [0.15, 0.2) is 18.2 Å². The number of benzene rings is 1. The molecule has 0 bridgehead atoms. The number of halogens is 1. The molecule has 1 aromatic rings. The number of hydrogen-bond donors (Lipinski definition) is 1. The smallest absolute Gasteiger partial charge is 0.338 e. The van der Waals surface area contributed by atoms with E-state index in [-0.39, 0.29) is 11.5 Å². The summed E-state index contributed by atoms with van der Waals surface area (Å²) in [5, 5.41) is 8.77. The summed E-state index contributed by atoms with van der Waals surface area (Å²) in [4.78, 5) is 24.3. The fourth-order valence-electron chi connectivity index (χ4n) is 2.66. The summed E-state index contributed by atoms with van der Waals surface area (Å²) in [5.41, 5.74) is 0.281. The van der Waals surface area contributed by atoms with E-state index in [0.717, 1.165) is 12.8 Å². The molecule has 1 N–H and O–H groups in total. The van der Waals surface area contributed by atoms with E-state index in [4.69, 9.17) is 5.11 Å². The molecule has 1 saturated heterocycles. The average Bonchev–Trinajstić information content (AvgIpc) is 2.70. The van der Waals surface area contributed by atoms with Gasteiger partial charge in [-0.05, 0) is 30.0 Å². The van der Waals surface area contributed by atoms with Crippen molar-refractivity contribution in [2.45, 2.75) is 32.7 Å². The highest BCUT2D eigenvalue weighted by molar-refractivity contribution is 5.88. The van der Waals surface area contributed by atoms with Crippen LogP contribution in [0.1, 0.15) is 42.1 Å². The Balaban J connectivity index is 2.05. The summed E-state index contributed by atoms with van der Waals surface area (Å²) in [6.45, 7) is 3.14. The number of carboxylic acid groups (broad SMARTS) is 1. The van der Waals surface area contributed by atoms with Crippen LogP contribution in [-0.2, 0) is 11.3 Å². The van der Waals surface area contributed by atoms with Gasteiger partial charge in [0.2, 0.25) is 5.91 Å². The Kier molecular flexibility index (Phi) is 4.37. The van der Waals surface area contributed by atoms with E-state index in [1.807, 2.05) is 0 Å². The fraction of sp³-hybridized carbons (Fsp3) is 0.467. The number of amides is 1. The lowest BCUT2D eigenvalue weighted by molar-refractivity contribution is -0.128. The lowest BCUT2D eigenvalue weighted by Gasteiger charge is -2.17. The number of aromatic carboxylic acids is 1. The first kappa shape index (κ1) is 14.5. The number of likely N-dealkylation sites (tertiary alicyclic amines) is 1. The van der Waals surface area contributed by atoms with Crippen LogP contribution in [0.2, 0.25) is 0 Å². The molecule has 5 heteroatoms. The molecule has 1 atom stereocenters. The average molecular weight is 279 g/mol. The summed E-state index contributed by atoms with van der Waals surface area (Å²) in [6.07, 6.45) is 2.63.